The number of rotatable bonds is 1. The van der Waals surface area contributed by atoms with Gasteiger partial charge in [0.1, 0.15) is 0 Å². The molecule has 21 heavy (non-hydrogen) atoms. The van der Waals surface area contributed by atoms with Crippen LogP contribution in [0.4, 0.5) is 0 Å². The first-order valence-corrected chi connectivity index (χ1v) is 6.82. The minimum absolute atomic E-state index is 0.355. The van der Waals surface area contributed by atoms with E-state index in [0.717, 1.165) is 32.3 Å². The van der Waals surface area contributed by atoms with Crippen molar-refractivity contribution in [1.82, 2.24) is 0 Å². The summed E-state index contributed by atoms with van der Waals surface area (Å²) in [5.41, 5.74) is 0.355. The highest BCUT2D eigenvalue weighted by Gasteiger charge is 2.12. The van der Waals surface area contributed by atoms with E-state index in [4.69, 9.17) is 0 Å². The Bertz CT molecular complexity index is 1020. The van der Waals surface area contributed by atoms with Gasteiger partial charge in [0.05, 0.1) is 5.56 Å². The van der Waals surface area contributed by atoms with Crippen molar-refractivity contribution < 1.29 is 9.90 Å². The highest BCUT2D eigenvalue weighted by Crippen LogP contribution is 2.32. The fraction of sp³-hybridized carbons (Fsp3) is 0. The molecule has 0 aliphatic heterocycles. The zero-order chi connectivity index (χ0) is 14.4. The Morgan fingerprint density at radius 2 is 1.38 bits per heavy atom. The van der Waals surface area contributed by atoms with Gasteiger partial charge in [-0.05, 0) is 33.0 Å². The van der Waals surface area contributed by atoms with Gasteiger partial charge in [-0.1, -0.05) is 60.7 Å². The van der Waals surface area contributed by atoms with E-state index in [2.05, 4.69) is 24.3 Å². The van der Waals surface area contributed by atoms with Crippen molar-refractivity contribution in [2.75, 3.05) is 0 Å². The van der Waals surface area contributed by atoms with Crippen LogP contribution in [0.5, 0.6) is 0 Å². The van der Waals surface area contributed by atoms with Gasteiger partial charge in [-0.3, -0.25) is 0 Å². The maximum absolute atomic E-state index is 11.5. The Morgan fingerprint density at radius 3 is 2.24 bits per heavy atom. The van der Waals surface area contributed by atoms with E-state index in [1.54, 1.807) is 12.1 Å². The van der Waals surface area contributed by atoms with E-state index < -0.39 is 5.97 Å². The Kier molecular flexibility index (Phi) is 2.45. The topological polar surface area (TPSA) is 37.3 Å². The summed E-state index contributed by atoms with van der Waals surface area (Å²) < 4.78 is 0. The summed E-state index contributed by atoms with van der Waals surface area (Å²) in [6.07, 6.45) is 0. The molecule has 0 saturated carbocycles. The third-order valence-corrected chi connectivity index (χ3v) is 4.00. The summed E-state index contributed by atoms with van der Waals surface area (Å²) in [7, 11) is 0. The molecule has 2 heteroatoms. The van der Waals surface area contributed by atoms with Crippen molar-refractivity contribution in [2.45, 2.75) is 0 Å². The summed E-state index contributed by atoms with van der Waals surface area (Å²) in [5, 5.41) is 15.6. The second-order valence-corrected chi connectivity index (χ2v) is 5.16. The summed E-state index contributed by atoms with van der Waals surface area (Å²) in [5.74, 6) is -0.888. The van der Waals surface area contributed by atoms with E-state index in [-0.39, 0.29) is 0 Å². The first-order valence-electron chi connectivity index (χ1n) is 6.82. The van der Waals surface area contributed by atoms with E-state index in [9.17, 15) is 9.90 Å². The summed E-state index contributed by atoms with van der Waals surface area (Å²) in [6.45, 7) is 0. The van der Waals surface area contributed by atoms with Gasteiger partial charge in [-0.15, -0.1) is 0 Å². The van der Waals surface area contributed by atoms with Gasteiger partial charge in [0.2, 0.25) is 0 Å². The molecule has 4 aromatic rings. The lowest BCUT2D eigenvalue weighted by atomic mass is 9.94. The van der Waals surface area contributed by atoms with Gasteiger partial charge >= 0.3 is 5.97 Å². The van der Waals surface area contributed by atoms with Crippen molar-refractivity contribution in [3.05, 3.63) is 72.3 Å². The standard InChI is InChI=1S/C19H12O2/c20-19(21)17-7-3-5-13-9-10-15-14-6-2-1-4-12(14)8-11-16(15)18(13)17/h1-11H,(H,20,21). The SMILES string of the molecule is O=C(O)c1cccc2ccc3c4ccccc4ccc3c12. The second-order valence-electron chi connectivity index (χ2n) is 5.16. The van der Waals surface area contributed by atoms with E-state index in [0.29, 0.717) is 5.56 Å². The molecular weight excluding hydrogens is 260 g/mol. The minimum atomic E-state index is -0.888. The number of carbonyl (C=O) groups is 1. The van der Waals surface area contributed by atoms with E-state index >= 15 is 0 Å². The minimum Gasteiger partial charge on any atom is -0.478 e. The van der Waals surface area contributed by atoms with Gasteiger partial charge in [0.15, 0.2) is 0 Å². The predicted octanol–water partition coefficient (Wildman–Crippen LogP) is 4.84. The van der Waals surface area contributed by atoms with Crippen LogP contribution in [-0.4, -0.2) is 11.1 Å². The molecule has 0 heterocycles. The monoisotopic (exact) mass is 272 g/mol. The van der Waals surface area contributed by atoms with Crippen LogP contribution in [-0.2, 0) is 0 Å². The highest BCUT2D eigenvalue weighted by atomic mass is 16.4. The number of hydrogen-bond donors (Lipinski definition) is 1. The molecule has 0 aliphatic carbocycles. The number of fused-ring (bicyclic) bond motifs is 5. The Labute approximate surface area is 121 Å². The third kappa shape index (κ3) is 1.69. The van der Waals surface area contributed by atoms with Gasteiger partial charge in [-0.25, -0.2) is 4.79 Å². The molecule has 0 atom stereocenters. The number of carboxylic acid groups (broad SMARTS) is 1. The van der Waals surface area contributed by atoms with Gasteiger partial charge in [-0.2, -0.15) is 0 Å². The molecule has 0 saturated heterocycles. The zero-order valence-corrected chi connectivity index (χ0v) is 11.2. The molecule has 0 spiro atoms. The van der Waals surface area contributed by atoms with Crippen LogP contribution < -0.4 is 0 Å². The maximum atomic E-state index is 11.5. The van der Waals surface area contributed by atoms with Crippen molar-refractivity contribution >= 4 is 38.3 Å². The molecule has 2 nitrogen and oxygen atoms in total. The fourth-order valence-electron chi connectivity index (χ4n) is 3.05. The number of benzene rings is 4. The Balaban J connectivity index is 2.29. The second kappa shape index (κ2) is 4.32. The van der Waals surface area contributed by atoms with Crippen LogP contribution in [0.3, 0.4) is 0 Å². The average Bonchev–Trinajstić information content (AvgIpc) is 2.53. The quantitative estimate of drug-likeness (QED) is 0.503. The molecule has 4 rings (SSSR count). The molecular formula is C19H12O2. The molecule has 0 unspecified atom stereocenters. The van der Waals surface area contributed by atoms with Crippen molar-refractivity contribution in [1.29, 1.82) is 0 Å². The molecule has 0 aromatic heterocycles. The van der Waals surface area contributed by atoms with E-state index in [1.165, 1.54) is 0 Å². The molecule has 0 radical (unpaired) electrons. The van der Waals surface area contributed by atoms with Gasteiger partial charge in [0, 0.05) is 5.39 Å². The lowest BCUT2D eigenvalue weighted by Gasteiger charge is -2.09. The first-order chi connectivity index (χ1) is 10.3. The fourth-order valence-corrected chi connectivity index (χ4v) is 3.05. The van der Waals surface area contributed by atoms with Crippen LogP contribution in [0.1, 0.15) is 10.4 Å². The average molecular weight is 272 g/mol. The lowest BCUT2D eigenvalue weighted by Crippen LogP contribution is -1.97. The van der Waals surface area contributed by atoms with Crippen LogP contribution in [0.2, 0.25) is 0 Å². The van der Waals surface area contributed by atoms with Gasteiger partial charge in [0.25, 0.3) is 0 Å². The van der Waals surface area contributed by atoms with Crippen LogP contribution in [0.25, 0.3) is 32.3 Å². The summed E-state index contributed by atoms with van der Waals surface area (Å²) in [4.78, 5) is 11.5. The van der Waals surface area contributed by atoms with Crippen LogP contribution in [0.15, 0.2) is 66.7 Å². The molecule has 0 bridgehead atoms. The number of hydrogen-bond acceptors (Lipinski definition) is 1. The number of carboxylic acids is 1. The lowest BCUT2D eigenvalue weighted by molar-refractivity contribution is 0.0699. The van der Waals surface area contributed by atoms with Crippen molar-refractivity contribution in [2.24, 2.45) is 0 Å². The van der Waals surface area contributed by atoms with Crippen LogP contribution >= 0.6 is 0 Å². The Hall–Kier alpha value is -2.87. The molecule has 0 amide bonds. The predicted molar refractivity (Wildman–Crippen MR) is 85.9 cm³/mol. The molecule has 0 aliphatic rings. The first kappa shape index (κ1) is 11.9. The van der Waals surface area contributed by atoms with E-state index in [1.807, 2.05) is 30.3 Å². The van der Waals surface area contributed by atoms with Crippen molar-refractivity contribution in [3.8, 4) is 0 Å². The van der Waals surface area contributed by atoms with Crippen LogP contribution in [0, 0.1) is 0 Å². The zero-order valence-electron chi connectivity index (χ0n) is 11.2. The molecule has 100 valence electrons. The van der Waals surface area contributed by atoms with Crippen molar-refractivity contribution in [3.63, 3.8) is 0 Å². The number of aromatic carboxylic acids is 1. The molecule has 1 N–H and O–H groups in total. The highest BCUT2D eigenvalue weighted by molar-refractivity contribution is 6.21. The Morgan fingerprint density at radius 1 is 0.667 bits per heavy atom. The molecule has 4 aromatic carbocycles. The largest absolute Gasteiger partial charge is 0.478 e. The maximum Gasteiger partial charge on any atom is 0.336 e. The molecule has 0 fully saturated rings. The normalized spacial score (nSPS) is 11.2. The van der Waals surface area contributed by atoms with Gasteiger partial charge < -0.3 is 5.11 Å². The third-order valence-electron chi connectivity index (χ3n) is 4.00. The summed E-state index contributed by atoms with van der Waals surface area (Å²) >= 11 is 0. The smallest absolute Gasteiger partial charge is 0.336 e. The summed E-state index contributed by atoms with van der Waals surface area (Å²) in [6, 6.07) is 21.7.